The maximum absolute atomic E-state index is 13.1. The van der Waals surface area contributed by atoms with Crippen LogP contribution in [-0.4, -0.2) is 40.4 Å². The van der Waals surface area contributed by atoms with E-state index in [1.165, 1.54) is 11.1 Å². The number of hydrogen-bond acceptors (Lipinski definition) is 4. The standard InChI is InChI=1S/C20H22N4O2S/c25-27(26,18-8-7-15-4-3-5-17(15)14-18)23-12-9-16(10-13-23)20-22-21-19-6-1-2-11-24(19)20/h1-2,6-8,11,14,16H,3-5,9-10,12-13H2. The van der Waals surface area contributed by atoms with Crippen LogP contribution in [0.3, 0.4) is 0 Å². The minimum Gasteiger partial charge on any atom is -0.286 e. The predicted octanol–water partition coefficient (Wildman–Crippen LogP) is 2.79. The van der Waals surface area contributed by atoms with Gasteiger partial charge < -0.3 is 0 Å². The lowest BCUT2D eigenvalue weighted by atomic mass is 9.97. The van der Waals surface area contributed by atoms with E-state index in [0.717, 1.165) is 43.6 Å². The lowest BCUT2D eigenvalue weighted by Gasteiger charge is -2.30. The zero-order valence-corrected chi connectivity index (χ0v) is 15.9. The smallest absolute Gasteiger partial charge is 0.243 e. The number of pyridine rings is 1. The molecule has 2 aliphatic rings. The molecule has 140 valence electrons. The molecule has 0 bridgehead atoms. The van der Waals surface area contributed by atoms with Gasteiger partial charge in [0.2, 0.25) is 10.0 Å². The molecule has 27 heavy (non-hydrogen) atoms. The predicted molar refractivity (Wildman–Crippen MR) is 102 cm³/mol. The molecule has 0 spiro atoms. The van der Waals surface area contributed by atoms with Gasteiger partial charge in [0.25, 0.3) is 0 Å². The summed E-state index contributed by atoms with van der Waals surface area (Å²) < 4.78 is 29.8. The van der Waals surface area contributed by atoms with E-state index in [4.69, 9.17) is 0 Å². The molecule has 0 atom stereocenters. The molecule has 0 amide bonds. The van der Waals surface area contributed by atoms with E-state index in [9.17, 15) is 8.42 Å². The Kier molecular flexibility index (Phi) is 4.02. The van der Waals surface area contributed by atoms with Crippen LogP contribution >= 0.6 is 0 Å². The fraction of sp³-hybridized carbons (Fsp3) is 0.400. The van der Waals surface area contributed by atoms with Gasteiger partial charge in [-0.05, 0) is 67.5 Å². The number of aromatic nitrogens is 3. The van der Waals surface area contributed by atoms with Crippen LogP contribution in [0.1, 0.15) is 42.1 Å². The molecule has 1 saturated heterocycles. The molecule has 1 fully saturated rings. The van der Waals surface area contributed by atoms with Crippen LogP contribution in [0.5, 0.6) is 0 Å². The van der Waals surface area contributed by atoms with Gasteiger partial charge in [0, 0.05) is 25.2 Å². The molecule has 2 aromatic heterocycles. The highest BCUT2D eigenvalue weighted by Crippen LogP contribution is 2.31. The summed E-state index contributed by atoms with van der Waals surface area (Å²) in [4.78, 5) is 0.439. The Morgan fingerprint density at radius 2 is 1.78 bits per heavy atom. The zero-order valence-electron chi connectivity index (χ0n) is 15.1. The Morgan fingerprint density at radius 1 is 0.963 bits per heavy atom. The van der Waals surface area contributed by atoms with Crippen molar-refractivity contribution in [2.75, 3.05) is 13.1 Å². The van der Waals surface area contributed by atoms with Gasteiger partial charge in [-0.15, -0.1) is 10.2 Å². The van der Waals surface area contributed by atoms with Gasteiger partial charge >= 0.3 is 0 Å². The summed E-state index contributed by atoms with van der Waals surface area (Å²) in [6.45, 7) is 1.04. The Balaban J connectivity index is 1.35. The van der Waals surface area contributed by atoms with Gasteiger partial charge in [-0.25, -0.2) is 8.42 Å². The minimum absolute atomic E-state index is 0.230. The first-order valence-corrected chi connectivity index (χ1v) is 11.0. The maximum atomic E-state index is 13.1. The highest BCUT2D eigenvalue weighted by Gasteiger charge is 2.32. The Bertz CT molecular complexity index is 1100. The maximum Gasteiger partial charge on any atom is 0.243 e. The largest absolute Gasteiger partial charge is 0.286 e. The third kappa shape index (κ3) is 2.85. The quantitative estimate of drug-likeness (QED) is 0.699. The molecule has 1 aromatic carbocycles. The first-order valence-electron chi connectivity index (χ1n) is 9.54. The van der Waals surface area contributed by atoms with Crippen molar-refractivity contribution < 1.29 is 8.42 Å². The summed E-state index contributed by atoms with van der Waals surface area (Å²) in [6.07, 6.45) is 6.67. The minimum atomic E-state index is -3.43. The molecule has 7 heteroatoms. The first-order chi connectivity index (χ1) is 13.1. The van der Waals surface area contributed by atoms with E-state index in [-0.39, 0.29) is 5.92 Å². The van der Waals surface area contributed by atoms with Gasteiger partial charge in [0.1, 0.15) is 5.82 Å². The molecular weight excluding hydrogens is 360 g/mol. The highest BCUT2D eigenvalue weighted by molar-refractivity contribution is 7.89. The van der Waals surface area contributed by atoms with Gasteiger partial charge in [-0.3, -0.25) is 4.40 Å². The van der Waals surface area contributed by atoms with Crippen LogP contribution in [0.2, 0.25) is 0 Å². The van der Waals surface area contributed by atoms with Crippen LogP contribution in [0.4, 0.5) is 0 Å². The van der Waals surface area contributed by atoms with Gasteiger partial charge in [-0.2, -0.15) is 4.31 Å². The van der Waals surface area contributed by atoms with Gasteiger partial charge in [0.05, 0.1) is 4.90 Å². The molecule has 1 aliphatic carbocycles. The van der Waals surface area contributed by atoms with Gasteiger partial charge in [0.15, 0.2) is 5.65 Å². The number of aryl methyl sites for hydroxylation is 2. The summed E-state index contributed by atoms with van der Waals surface area (Å²) in [5.41, 5.74) is 3.33. The molecule has 0 saturated carbocycles. The second kappa shape index (κ2) is 6.42. The van der Waals surface area contributed by atoms with Crippen molar-refractivity contribution in [1.29, 1.82) is 0 Å². The van der Waals surface area contributed by atoms with E-state index in [1.807, 2.05) is 40.9 Å². The molecule has 0 unspecified atom stereocenters. The van der Waals surface area contributed by atoms with Gasteiger partial charge in [-0.1, -0.05) is 12.1 Å². The number of hydrogen-bond donors (Lipinski definition) is 0. The van der Waals surface area contributed by atoms with Crippen molar-refractivity contribution in [3.8, 4) is 0 Å². The van der Waals surface area contributed by atoms with Crippen LogP contribution in [0.15, 0.2) is 47.5 Å². The van der Waals surface area contributed by atoms with Crippen LogP contribution < -0.4 is 0 Å². The fourth-order valence-electron chi connectivity index (χ4n) is 4.35. The average molecular weight is 382 g/mol. The summed E-state index contributed by atoms with van der Waals surface area (Å²) in [6, 6.07) is 11.5. The van der Waals surface area contributed by atoms with E-state index in [1.54, 1.807) is 10.4 Å². The van der Waals surface area contributed by atoms with Crippen molar-refractivity contribution in [2.24, 2.45) is 0 Å². The third-order valence-corrected chi connectivity index (χ3v) is 7.76. The second-order valence-electron chi connectivity index (χ2n) is 7.45. The van der Waals surface area contributed by atoms with Crippen molar-refractivity contribution in [3.63, 3.8) is 0 Å². The average Bonchev–Trinajstić information content (AvgIpc) is 3.34. The van der Waals surface area contributed by atoms with E-state index in [0.29, 0.717) is 18.0 Å². The van der Waals surface area contributed by atoms with Crippen molar-refractivity contribution in [1.82, 2.24) is 18.9 Å². The molecule has 1 aliphatic heterocycles. The van der Waals surface area contributed by atoms with Crippen LogP contribution in [0, 0.1) is 0 Å². The lowest BCUT2D eigenvalue weighted by molar-refractivity contribution is 0.312. The molecule has 5 rings (SSSR count). The van der Waals surface area contributed by atoms with Crippen molar-refractivity contribution in [3.05, 3.63) is 59.5 Å². The molecular formula is C20H22N4O2S. The molecule has 0 radical (unpaired) electrons. The molecule has 6 nitrogen and oxygen atoms in total. The van der Waals surface area contributed by atoms with E-state index < -0.39 is 10.0 Å². The molecule has 0 N–H and O–H groups in total. The fourth-order valence-corrected chi connectivity index (χ4v) is 5.87. The summed E-state index contributed by atoms with van der Waals surface area (Å²) >= 11 is 0. The number of sulfonamides is 1. The Labute approximate surface area is 158 Å². The molecule has 3 aromatic rings. The Hall–Kier alpha value is -2.25. The van der Waals surface area contributed by atoms with Crippen molar-refractivity contribution in [2.45, 2.75) is 42.9 Å². The lowest BCUT2D eigenvalue weighted by Crippen LogP contribution is -2.38. The molecule has 3 heterocycles. The third-order valence-electron chi connectivity index (χ3n) is 5.87. The summed E-state index contributed by atoms with van der Waals surface area (Å²) in [7, 11) is -3.43. The topological polar surface area (TPSA) is 67.6 Å². The Morgan fingerprint density at radius 3 is 2.63 bits per heavy atom. The van der Waals surface area contributed by atoms with Crippen LogP contribution in [0.25, 0.3) is 5.65 Å². The number of rotatable bonds is 3. The van der Waals surface area contributed by atoms with Crippen LogP contribution in [-0.2, 0) is 22.9 Å². The van der Waals surface area contributed by atoms with E-state index in [2.05, 4.69) is 10.2 Å². The first kappa shape index (κ1) is 16.9. The SMILES string of the molecule is O=S(=O)(c1ccc2c(c1)CCC2)N1CCC(c2nnc3ccccn23)CC1. The highest BCUT2D eigenvalue weighted by atomic mass is 32.2. The van der Waals surface area contributed by atoms with Crippen molar-refractivity contribution >= 4 is 15.7 Å². The monoisotopic (exact) mass is 382 g/mol. The number of piperidine rings is 1. The normalized spacial score (nSPS) is 18.8. The summed E-state index contributed by atoms with van der Waals surface area (Å²) in [5, 5.41) is 8.57. The zero-order chi connectivity index (χ0) is 18.4. The van der Waals surface area contributed by atoms with E-state index >= 15 is 0 Å². The number of fused-ring (bicyclic) bond motifs is 2. The number of nitrogens with zero attached hydrogens (tertiary/aromatic N) is 4. The number of benzene rings is 1. The summed E-state index contributed by atoms with van der Waals surface area (Å²) in [5.74, 6) is 1.16. The second-order valence-corrected chi connectivity index (χ2v) is 9.39.